The summed E-state index contributed by atoms with van der Waals surface area (Å²) in [6.07, 6.45) is 3.85. The maximum Gasteiger partial charge on any atom is 0.350 e. The molecule has 25 heavy (non-hydrogen) atoms. The fraction of sp³-hybridized carbons (Fsp3) is 0.556. The van der Waals surface area contributed by atoms with Crippen molar-refractivity contribution in [1.82, 2.24) is 9.24 Å². The van der Waals surface area contributed by atoms with Gasteiger partial charge in [0.2, 0.25) is 0 Å². The number of hydrogen-bond acceptors (Lipinski definition) is 4. The van der Waals surface area contributed by atoms with Crippen molar-refractivity contribution >= 4 is 16.6 Å². The number of halogens is 1. The summed E-state index contributed by atoms with van der Waals surface area (Å²) in [5, 5.41) is 0.180. The number of fused-ring (bicyclic) bond motifs is 1. The minimum Gasteiger partial charge on any atom is -0.369 e. The van der Waals surface area contributed by atoms with Crippen molar-refractivity contribution in [3.8, 4) is 0 Å². The number of hydrogen-bond donors (Lipinski definition) is 1. The molecule has 2 heterocycles. The molecule has 6 nitrogen and oxygen atoms in total. The summed E-state index contributed by atoms with van der Waals surface area (Å²) in [6.45, 7) is 5.55. The Kier molecular flexibility index (Phi) is 3.63. The Morgan fingerprint density at radius 3 is 2.60 bits per heavy atom. The van der Waals surface area contributed by atoms with Crippen LogP contribution >= 0.6 is 0 Å². The molecule has 1 aliphatic heterocycles. The minimum absolute atomic E-state index is 0.0457. The summed E-state index contributed by atoms with van der Waals surface area (Å²) in [4.78, 5) is 27.0. The van der Waals surface area contributed by atoms with E-state index in [0.29, 0.717) is 27.4 Å². The van der Waals surface area contributed by atoms with Crippen molar-refractivity contribution < 1.29 is 4.39 Å². The molecule has 1 saturated heterocycles. The molecule has 1 atom stereocenters. The number of aryl methyl sites for hydroxylation is 1. The molecule has 4 rings (SSSR count). The Labute approximate surface area is 144 Å². The van der Waals surface area contributed by atoms with Crippen molar-refractivity contribution in [2.24, 2.45) is 5.92 Å². The number of nitrogens with zero attached hydrogens (tertiary/aromatic N) is 3. The lowest BCUT2D eigenvalue weighted by atomic mass is 10.1. The molecule has 1 aliphatic carbocycles. The number of anilines is 1. The van der Waals surface area contributed by atoms with Crippen LogP contribution in [0.1, 0.15) is 44.2 Å². The van der Waals surface area contributed by atoms with Gasteiger partial charge in [0.25, 0.3) is 5.56 Å². The van der Waals surface area contributed by atoms with E-state index in [1.807, 2.05) is 4.90 Å². The van der Waals surface area contributed by atoms with Crippen LogP contribution in [0.4, 0.5) is 10.1 Å². The highest BCUT2D eigenvalue weighted by atomic mass is 19.1. The van der Waals surface area contributed by atoms with Crippen LogP contribution in [-0.2, 0) is 0 Å². The highest BCUT2D eigenvalue weighted by molar-refractivity contribution is 5.87. The average Bonchev–Trinajstić information content (AvgIpc) is 3.31. The van der Waals surface area contributed by atoms with E-state index in [1.54, 1.807) is 11.5 Å². The molecule has 0 radical (unpaired) electrons. The van der Waals surface area contributed by atoms with E-state index >= 15 is 0 Å². The van der Waals surface area contributed by atoms with Gasteiger partial charge in [-0.05, 0) is 38.2 Å². The maximum absolute atomic E-state index is 14.9. The van der Waals surface area contributed by atoms with E-state index in [2.05, 4.69) is 6.92 Å². The Morgan fingerprint density at radius 2 is 2.00 bits per heavy atom. The van der Waals surface area contributed by atoms with Gasteiger partial charge in [-0.2, -0.15) is 4.68 Å². The van der Waals surface area contributed by atoms with Crippen molar-refractivity contribution in [3.63, 3.8) is 0 Å². The summed E-state index contributed by atoms with van der Waals surface area (Å²) in [5.41, 5.74) is 0.558. The third-order valence-electron chi connectivity index (χ3n) is 5.66. The zero-order chi connectivity index (χ0) is 17.9. The third-order valence-corrected chi connectivity index (χ3v) is 5.66. The normalized spacial score (nSPS) is 20.6. The first-order valence-corrected chi connectivity index (χ1v) is 8.94. The van der Waals surface area contributed by atoms with Crippen molar-refractivity contribution in [2.75, 3.05) is 23.8 Å². The predicted molar refractivity (Wildman–Crippen MR) is 96.2 cm³/mol. The topological polar surface area (TPSA) is 73.3 Å². The first-order chi connectivity index (χ1) is 11.9. The highest BCUT2D eigenvalue weighted by Crippen LogP contribution is 2.39. The van der Waals surface area contributed by atoms with Crippen LogP contribution in [0.25, 0.3) is 10.9 Å². The number of aromatic nitrogens is 2. The third kappa shape index (κ3) is 2.36. The summed E-state index contributed by atoms with van der Waals surface area (Å²) < 4.78 is 17.1. The van der Waals surface area contributed by atoms with Gasteiger partial charge in [0.15, 0.2) is 0 Å². The van der Waals surface area contributed by atoms with E-state index in [9.17, 15) is 14.0 Å². The Bertz CT molecular complexity index is 974. The van der Waals surface area contributed by atoms with Gasteiger partial charge < -0.3 is 10.7 Å². The molecule has 2 N–H and O–H groups in total. The molecule has 0 unspecified atom stereocenters. The Morgan fingerprint density at radius 1 is 1.28 bits per heavy atom. The molecule has 134 valence electrons. The van der Waals surface area contributed by atoms with Gasteiger partial charge in [-0.15, -0.1) is 0 Å². The summed E-state index contributed by atoms with van der Waals surface area (Å²) in [5.74, 6) is 5.78. The molecular weight excluding hydrogens is 323 g/mol. The molecular formula is C18H23FN4O2. The average molecular weight is 346 g/mol. The molecule has 0 amide bonds. The first-order valence-electron chi connectivity index (χ1n) is 8.94. The van der Waals surface area contributed by atoms with E-state index < -0.39 is 17.1 Å². The standard InChI is InChI=1S/C18H23FN4O2/c1-3-11-6-7-21(9-11)16-10(2)15-13(8-14(16)19)17(24)23(20)18(25)22(15)12-4-5-12/h8,11-12H,3-7,9,20H2,1-2H3/t11-/m0/s1. The van der Waals surface area contributed by atoms with Crippen LogP contribution < -0.4 is 22.0 Å². The molecule has 2 aromatic rings. The minimum atomic E-state index is -0.640. The number of rotatable bonds is 3. The number of nitrogens with two attached hydrogens (primary N) is 1. The molecule has 7 heteroatoms. The quantitative estimate of drug-likeness (QED) is 0.862. The molecule has 2 fully saturated rings. The van der Waals surface area contributed by atoms with Crippen LogP contribution in [0.15, 0.2) is 15.7 Å². The van der Waals surface area contributed by atoms with Gasteiger partial charge in [-0.3, -0.25) is 9.36 Å². The first kappa shape index (κ1) is 16.2. The predicted octanol–water partition coefficient (Wildman–Crippen LogP) is 1.90. The van der Waals surface area contributed by atoms with E-state index in [0.717, 1.165) is 38.8 Å². The molecule has 0 bridgehead atoms. The van der Waals surface area contributed by atoms with Gasteiger partial charge >= 0.3 is 5.69 Å². The zero-order valence-corrected chi connectivity index (χ0v) is 14.6. The van der Waals surface area contributed by atoms with Gasteiger partial charge in [0, 0.05) is 24.7 Å². The van der Waals surface area contributed by atoms with Gasteiger partial charge in [0.1, 0.15) is 5.82 Å². The lowest BCUT2D eigenvalue weighted by molar-refractivity contribution is 0.566. The molecule has 2 aliphatic rings. The van der Waals surface area contributed by atoms with Crippen molar-refractivity contribution in [1.29, 1.82) is 0 Å². The van der Waals surface area contributed by atoms with Crippen LogP contribution in [-0.4, -0.2) is 22.3 Å². The molecule has 1 saturated carbocycles. The van der Waals surface area contributed by atoms with Crippen LogP contribution in [0, 0.1) is 18.7 Å². The summed E-state index contributed by atoms with van der Waals surface area (Å²) in [7, 11) is 0. The summed E-state index contributed by atoms with van der Waals surface area (Å²) in [6, 6.07) is 1.30. The smallest absolute Gasteiger partial charge is 0.350 e. The second-order valence-electron chi connectivity index (χ2n) is 7.30. The maximum atomic E-state index is 14.9. The Hall–Kier alpha value is -2.31. The Balaban J connectivity index is 2.01. The monoisotopic (exact) mass is 346 g/mol. The number of benzene rings is 1. The van der Waals surface area contributed by atoms with Gasteiger partial charge in [0.05, 0.1) is 16.6 Å². The van der Waals surface area contributed by atoms with E-state index in [4.69, 9.17) is 5.84 Å². The van der Waals surface area contributed by atoms with E-state index in [1.165, 1.54) is 6.07 Å². The van der Waals surface area contributed by atoms with Crippen LogP contribution in [0.3, 0.4) is 0 Å². The molecule has 0 spiro atoms. The fourth-order valence-electron chi connectivity index (χ4n) is 4.09. The van der Waals surface area contributed by atoms with Gasteiger partial charge in [-0.1, -0.05) is 13.3 Å². The van der Waals surface area contributed by atoms with Crippen molar-refractivity contribution in [2.45, 2.75) is 45.6 Å². The lowest BCUT2D eigenvalue weighted by Gasteiger charge is -2.24. The largest absolute Gasteiger partial charge is 0.369 e. The SMILES string of the molecule is CC[C@H]1CCN(c2c(F)cc3c(=O)n(N)c(=O)n(C4CC4)c3c2C)C1. The molecule has 1 aromatic heterocycles. The zero-order valence-electron chi connectivity index (χ0n) is 14.6. The van der Waals surface area contributed by atoms with E-state index in [-0.39, 0.29) is 11.4 Å². The second-order valence-corrected chi connectivity index (χ2v) is 7.30. The summed E-state index contributed by atoms with van der Waals surface area (Å²) >= 11 is 0. The van der Waals surface area contributed by atoms with Crippen LogP contribution in [0.5, 0.6) is 0 Å². The number of nitrogen functional groups attached to an aromatic ring is 1. The van der Waals surface area contributed by atoms with Gasteiger partial charge in [-0.25, -0.2) is 9.18 Å². The lowest BCUT2D eigenvalue weighted by Crippen LogP contribution is -2.44. The van der Waals surface area contributed by atoms with Crippen LogP contribution in [0.2, 0.25) is 0 Å². The molecule has 1 aromatic carbocycles. The fourth-order valence-corrected chi connectivity index (χ4v) is 4.09. The highest BCUT2D eigenvalue weighted by Gasteiger charge is 2.32. The second kappa shape index (κ2) is 5.61. The van der Waals surface area contributed by atoms with Crippen molar-refractivity contribution in [3.05, 3.63) is 38.3 Å².